The van der Waals surface area contributed by atoms with Gasteiger partial charge >= 0.3 is 5.97 Å². The second kappa shape index (κ2) is 9.23. The second-order valence-electron chi connectivity index (χ2n) is 7.14. The van der Waals surface area contributed by atoms with Crippen LogP contribution in [0, 0.1) is 12.8 Å². The number of carbonyl (C=O) groups is 3. The summed E-state index contributed by atoms with van der Waals surface area (Å²) in [6.07, 6.45) is 0.937. The number of hydrogen-bond donors (Lipinski definition) is 2. The van der Waals surface area contributed by atoms with E-state index in [2.05, 4.69) is 5.32 Å². The molecule has 2 N–H and O–H groups in total. The molecular formula is C22H24N2O5. The lowest BCUT2D eigenvalue weighted by molar-refractivity contribution is -0.143. The van der Waals surface area contributed by atoms with E-state index in [0.29, 0.717) is 42.9 Å². The van der Waals surface area contributed by atoms with Crippen LogP contribution in [0.4, 0.5) is 5.69 Å². The minimum absolute atomic E-state index is 0.108. The zero-order chi connectivity index (χ0) is 20.8. The van der Waals surface area contributed by atoms with Crippen molar-refractivity contribution in [2.24, 2.45) is 5.92 Å². The van der Waals surface area contributed by atoms with Crippen molar-refractivity contribution < 1.29 is 24.2 Å². The largest absolute Gasteiger partial charge is 0.484 e. The number of carboxylic acid groups (broad SMARTS) is 1. The Morgan fingerprint density at radius 1 is 1.10 bits per heavy atom. The number of nitrogens with zero attached hydrogens (tertiary/aromatic N) is 1. The molecule has 29 heavy (non-hydrogen) atoms. The molecule has 1 fully saturated rings. The molecule has 0 saturated carbocycles. The van der Waals surface area contributed by atoms with Crippen molar-refractivity contribution in [3.05, 3.63) is 59.7 Å². The Balaban J connectivity index is 1.50. The fourth-order valence-corrected chi connectivity index (χ4v) is 3.26. The first kappa shape index (κ1) is 20.4. The SMILES string of the molecule is Cc1cccc(OCC(=O)Nc2ccc(C(=O)N3CCC(C(=O)O)CC3)cc2)c1. The van der Waals surface area contributed by atoms with Gasteiger partial charge in [0, 0.05) is 24.3 Å². The van der Waals surface area contributed by atoms with Gasteiger partial charge in [0.15, 0.2) is 6.61 Å². The van der Waals surface area contributed by atoms with Crippen LogP contribution in [0.25, 0.3) is 0 Å². The van der Waals surface area contributed by atoms with E-state index in [1.165, 1.54) is 0 Å². The average molecular weight is 396 g/mol. The highest BCUT2D eigenvalue weighted by molar-refractivity contribution is 5.96. The average Bonchev–Trinajstić information content (AvgIpc) is 2.72. The standard InChI is InChI=1S/C22H24N2O5/c1-15-3-2-4-19(13-15)29-14-20(25)23-18-7-5-16(6-8-18)21(26)24-11-9-17(10-12-24)22(27)28/h2-8,13,17H,9-12,14H2,1H3,(H,23,25)(H,27,28). The number of carbonyl (C=O) groups excluding carboxylic acids is 2. The van der Waals surface area contributed by atoms with Crippen molar-refractivity contribution >= 4 is 23.5 Å². The van der Waals surface area contributed by atoms with Crippen LogP contribution in [0.15, 0.2) is 48.5 Å². The lowest BCUT2D eigenvalue weighted by Crippen LogP contribution is -2.40. The maximum absolute atomic E-state index is 12.6. The van der Waals surface area contributed by atoms with Crippen molar-refractivity contribution in [1.82, 2.24) is 4.90 Å². The number of piperidine rings is 1. The lowest BCUT2D eigenvalue weighted by Gasteiger charge is -2.30. The first-order valence-electron chi connectivity index (χ1n) is 9.54. The number of anilines is 1. The number of hydrogen-bond acceptors (Lipinski definition) is 4. The summed E-state index contributed by atoms with van der Waals surface area (Å²) in [5.74, 6) is -0.967. The Morgan fingerprint density at radius 2 is 1.79 bits per heavy atom. The maximum Gasteiger partial charge on any atom is 0.306 e. The van der Waals surface area contributed by atoms with Gasteiger partial charge in [-0.1, -0.05) is 12.1 Å². The minimum Gasteiger partial charge on any atom is -0.484 e. The Labute approximate surface area is 169 Å². The molecule has 2 amide bonds. The molecule has 152 valence electrons. The van der Waals surface area contributed by atoms with Crippen molar-refractivity contribution in [2.75, 3.05) is 25.0 Å². The molecule has 3 rings (SSSR count). The quantitative estimate of drug-likeness (QED) is 0.783. The van der Waals surface area contributed by atoms with E-state index in [9.17, 15) is 14.4 Å². The molecule has 1 aliphatic heterocycles. The van der Waals surface area contributed by atoms with Crippen LogP contribution in [0.2, 0.25) is 0 Å². The molecule has 2 aromatic carbocycles. The van der Waals surface area contributed by atoms with Gasteiger partial charge in [0.25, 0.3) is 11.8 Å². The fourth-order valence-electron chi connectivity index (χ4n) is 3.26. The first-order valence-corrected chi connectivity index (χ1v) is 9.54. The second-order valence-corrected chi connectivity index (χ2v) is 7.14. The summed E-state index contributed by atoms with van der Waals surface area (Å²) < 4.78 is 5.47. The number of amides is 2. The van der Waals surface area contributed by atoms with Crippen LogP contribution in [-0.4, -0.2) is 47.5 Å². The molecule has 0 spiro atoms. The molecule has 0 radical (unpaired) electrons. The zero-order valence-electron chi connectivity index (χ0n) is 16.3. The van der Waals surface area contributed by atoms with Gasteiger partial charge in [-0.15, -0.1) is 0 Å². The van der Waals surface area contributed by atoms with E-state index in [-0.39, 0.29) is 24.3 Å². The number of aliphatic carboxylic acids is 1. The van der Waals surface area contributed by atoms with E-state index in [0.717, 1.165) is 5.56 Å². The summed E-state index contributed by atoms with van der Waals surface area (Å²) in [5, 5.41) is 11.8. The molecule has 0 bridgehead atoms. The van der Waals surface area contributed by atoms with Crippen LogP contribution < -0.4 is 10.1 Å². The van der Waals surface area contributed by atoms with Crippen molar-refractivity contribution in [3.63, 3.8) is 0 Å². The van der Waals surface area contributed by atoms with Crippen molar-refractivity contribution in [1.29, 1.82) is 0 Å². The number of nitrogens with one attached hydrogen (secondary N) is 1. The molecule has 1 aliphatic rings. The topological polar surface area (TPSA) is 95.9 Å². The Hall–Kier alpha value is -3.35. The van der Waals surface area contributed by atoms with Crippen LogP contribution in [0.3, 0.4) is 0 Å². The van der Waals surface area contributed by atoms with E-state index in [1.54, 1.807) is 35.2 Å². The number of aryl methyl sites for hydroxylation is 1. The van der Waals surface area contributed by atoms with Gasteiger partial charge in [-0.05, 0) is 61.7 Å². The van der Waals surface area contributed by atoms with Gasteiger partial charge < -0.3 is 20.1 Å². The molecule has 0 aliphatic carbocycles. The van der Waals surface area contributed by atoms with Gasteiger partial charge in [0.1, 0.15) is 5.75 Å². The fraction of sp³-hybridized carbons (Fsp3) is 0.318. The Kier molecular flexibility index (Phi) is 6.49. The van der Waals surface area contributed by atoms with Crippen LogP contribution in [0.1, 0.15) is 28.8 Å². The number of benzene rings is 2. The third-order valence-electron chi connectivity index (χ3n) is 4.91. The smallest absolute Gasteiger partial charge is 0.306 e. The van der Waals surface area contributed by atoms with Crippen molar-refractivity contribution in [3.8, 4) is 5.75 Å². The van der Waals surface area contributed by atoms with Gasteiger partial charge in [-0.2, -0.15) is 0 Å². The molecule has 0 atom stereocenters. The summed E-state index contributed by atoms with van der Waals surface area (Å²) in [6.45, 7) is 2.71. The predicted octanol–water partition coefficient (Wildman–Crippen LogP) is 2.95. The monoisotopic (exact) mass is 396 g/mol. The first-order chi connectivity index (χ1) is 13.9. The molecule has 7 heteroatoms. The third-order valence-corrected chi connectivity index (χ3v) is 4.91. The highest BCUT2D eigenvalue weighted by Crippen LogP contribution is 2.20. The highest BCUT2D eigenvalue weighted by Gasteiger charge is 2.27. The van der Waals surface area contributed by atoms with Gasteiger partial charge in [-0.25, -0.2) is 0 Å². The van der Waals surface area contributed by atoms with E-state index in [1.807, 2.05) is 25.1 Å². The summed E-state index contributed by atoms with van der Waals surface area (Å²) in [4.78, 5) is 37.3. The van der Waals surface area contributed by atoms with E-state index < -0.39 is 5.97 Å². The summed E-state index contributed by atoms with van der Waals surface area (Å²) in [6, 6.07) is 14.1. The summed E-state index contributed by atoms with van der Waals surface area (Å²) in [7, 11) is 0. The zero-order valence-corrected chi connectivity index (χ0v) is 16.3. The molecule has 0 aromatic heterocycles. The molecule has 0 unspecified atom stereocenters. The van der Waals surface area contributed by atoms with Gasteiger partial charge in [-0.3, -0.25) is 14.4 Å². The third kappa shape index (κ3) is 5.57. The maximum atomic E-state index is 12.6. The normalized spacial score (nSPS) is 14.3. The van der Waals surface area contributed by atoms with Gasteiger partial charge in [0.05, 0.1) is 5.92 Å². The Morgan fingerprint density at radius 3 is 2.41 bits per heavy atom. The molecule has 1 saturated heterocycles. The highest BCUT2D eigenvalue weighted by atomic mass is 16.5. The molecular weight excluding hydrogens is 372 g/mol. The number of rotatable bonds is 6. The van der Waals surface area contributed by atoms with E-state index in [4.69, 9.17) is 9.84 Å². The Bertz CT molecular complexity index is 886. The number of carboxylic acids is 1. The van der Waals surface area contributed by atoms with Crippen molar-refractivity contribution in [2.45, 2.75) is 19.8 Å². The lowest BCUT2D eigenvalue weighted by atomic mass is 9.96. The van der Waals surface area contributed by atoms with Crippen LogP contribution in [0.5, 0.6) is 5.75 Å². The molecule has 2 aromatic rings. The van der Waals surface area contributed by atoms with Gasteiger partial charge in [0.2, 0.25) is 0 Å². The predicted molar refractivity (Wildman–Crippen MR) is 108 cm³/mol. The number of likely N-dealkylation sites (tertiary alicyclic amines) is 1. The number of ether oxygens (including phenoxy) is 1. The minimum atomic E-state index is -0.802. The summed E-state index contributed by atoms with van der Waals surface area (Å²) >= 11 is 0. The molecule has 1 heterocycles. The van der Waals surface area contributed by atoms with Crippen LogP contribution in [-0.2, 0) is 9.59 Å². The molecule has 7 nitrogen and oxygen atoms in total. The van der Waals surface area contributed by atoms with Crippen LogP contribution >= 0.6 is 0 Å². The summed E-state index contributed by atoms with van der Waals surface area (Å²) in [5.41, 5.74) is 2.13. The van der Waals surface area contributed by atoms with E-state index >= 15 is 0 Å².